The molecule has 0 aliphatic heterocycles. The van der Waals surface area contributed by atoms with E-state index in [2.05, 4.69) is 17.5 Å². The van der Waals surface area contributed by atoms with Crippen molar-refractivity contribution in [2.75, 3.05) is 21.3 Å². The summed E-state index contributed by atoms with van der Waals surface area (Å²) >= 11 is 1.56. The van der Waals surface area contributed by atoms with Crippen molar-refractivity contribution in [3.05, 3.63) is 39.1 Å². The maximum Gasteiger partial charge on any atom is 0.281 e. The highest BCUT2D eigenvalue weighted by Crippen LogP contribution is 2.39. The Labute approximate surface area is 163 Å². The zero-order valence-corrected chi connectivity index (χ0v) is 16.8. The minimum atomic E-state index is -0.197. The van der Waals surface area contributed by atoms with Crippen molar-refractivity contribution in [2.45, 2.75) is 26.2 Å². The molecule has 0 saturated heterocycles. The summed E-state index contributed by atoms with van der Waals surface area (Å²) in [7, 11) is 4.65. The maximum absolute atomic E-state index is 12.4. The first-order valence-corrected chi connectivity index (χ1v) is 9.63. The van der Waals surface area contributed by atoms with Crippen LogP contribution in [0.4, 0.5) is 0 Å². The van der Waals surface area contributed by atoms with Crippen LogP contribution in [-0.4, -0.2) is 33.5 Å². The third kappa shape index (κ3) is 4.08. The number of fused-ring (bicyclic) bond motifs is 1. The monoisotopic (exact) mass is 388 g/mol. The number of ether oxygens (including phenoxy) is 3. The van der Waals surface area contributed by atoms with Gasteiger partial charge in [-0.15, -0.1) is 11.3 Å². The summed E-state index contributed by atoms with van der Waals surface area (Å²) in [6.45, 7) is 2.25. The summed E-state index contributed by atoms with van der Waals surface area (Å²) < 4.78 is 16.0. The number of rotatable bonds is 6. The van der Waals surface area contributed by atoms with Gasteiger partial charge < -0.3 is 14.2 Å². The van der Waals surface area contributed by atoms with Gasteiger partial charge in [-0.3, -0.25) is 4.79 Å². The van der Waals surface area contributed by atoms with Crippen molar-refractivity contribution in [2.24, 2.45) is 11.0 Å². The number of nitrogens with zero attached hydrogens (tertiary/aromatic N) is 1. The lowest BCUT2D eigenvalue weighted by Crippen LogP contribution is -2.16. The van der Waals surface area contributed by atoms with Gasteiger partial charge in [-0.2, -0.15) is 5.10 Å². The standard InChI is InChI=1S/C20H24N2O4S/c1-12-5-8-16-14(9-12)10-17(27-16)20(23)22-21-11-13-6-7-15(24-2)19(26-4)18(13)25-3/h6-7,10-12H,5,8-9H2,1-4H3,(H,22,23)/b21-11-/t12-/m0/s1. The number of carbonyl (C=O) groups excluding carboxylic acids is 1. The molecule has 1 aromatic carbocycles. The summed E-state index contributed by atoms with van der Waals surface area (Å²) in [6.07, 6.45) is 4.83. The third-order valence-electron chi connectivity index (χ3n) is 4.66. The van der Waals surface area contributed by atoms with Crippen molar-refractivity contribution in [1.82, 2.24) is 5.43 Å². The van der Waals surface area contributed by atoms with E-state index < -0.39 is 0 Å². The molecule has 0 spiro atoms. The number of amides is 1. The Morgan fingerprint density at radius 1 is 1.22 bits per heavy atom. The molecule has 1 aliphatic rings. The quantitative estimate of drug-likeness (QED) is 0.606. The van der Waals surface area contributed by atoms with E-state index in [-0.39, 0.29) is 5.91 Å². The van der Waals surface area contributed by atoms with Gasteiger partial charge in [0.25, 0.3) is 5.91 Å². The number of benzene rings is 1. The largest absolute Gasteiger partial charge is 0.493 e. The topological polar surface area (TPSA) is 69.2 Å². The molecule has 6 nitrogen and oxygen atoms in total. The molecule has 27 heavy (non-hydrogen) atoms. The number of methoxy groups -OCH3 is 3. The summed E-state index contributed by atoms with van der Waals surface area (Å²) in [5.74, 6) is 2.02. The number of carbonyl (C=O) groups is 1. The first-order chi connectivity index (χ1) is 13.1. The highest BCUT2D eigenvalue weighted by molar-refractivity contribution is 7.14. The molecule has 7 heteroatoms. The van der Waals surface area contributed by atoms with Crippen LogP contribution in [0.5, 0.6) is 17.2 Å². The predicted molar refractivity (Wildman–Crippen MR) is 107 cm³/mol. The molecule has 1 heterocycles. The molecule has 144 valence electrons. The molecule has 0 radical (unpaired) electrons. The molecule has 1 aromatic heterocycles. The average molecular weight is 388 g/mol. The molecule has 0 fully saturated rings. The highest BCUT2D eigenvalue weighted by atomic mass is 32.1. The van der Waals surface area contributed by atoms with Gasteiger partial charge in [0.1, 0.15) is 0 Å². The van der Waals surface area contributed by atoms with Crippen molar-refractivity contribution < 1.29 is 19.0 Å². The molecule has 0 unspecified atom stereocenters. The van der Waals surface area contributed by atoms with Crippen molar-refractivity contribution >= 4 is 23.5 Å². The molecule has 2 aromatic rings. The number of aryl methyl sites for hydroxylation is 1. The van der Waals surface area contributed by atoms with Crippen LogP contribution in [0.3, 0.4) is 0 Å². The molecular weight excluding hydrogens is 364 g/mol. The second-order valence-corrected chi connectivity index (χ2v) is 7.67. The number of nitrogens with one attached hydrogen (secondary N) is 1. The molecule has 1 aliphatic carbocycles. The third-order valence-corrected chi connectivity index (χ3v) is 5.89. The fourth-order valence-corrected chi connectivity index (χ4v) is 4.36. The lowest BCUT2D eigenvalue weighted by molar-refractivity contribution is 0.0959. The fourth-order valence-electron chi connectivity index (χ4n) is 3.26. The molecule has 3 rings (SSSR count). The second-order valence-electron chi connectivity index (χ2n) is 6.53. The molecule has 0 saturated carbocycles. The van der Waals surface area contributed by atoms with E-state index in [9.17, 15) is 4.79 Å². The van der Waals surface area contributed by atoms with Gasteiger partial charge in [0, 0.05) is 10.4 Å². The van der Waals surface area contributed by atoms with Crippen LogP contribution in [0.25, 0.3) is 0 Å². The minimum absolute atomic E-state index is 0.197. The Bertz CT molecular complexity index is 860. The Hall–Kier alpha value is -2.54. The normalized spacial score (nSPS) is 16.1. The van der Waals surface area contributed by atoms with Crippen LogP contribution in [0.1, 0.15) is 39.0 Å². The minimum Gasteiger partial charge on any atom is -0.493 e. The number of thiophene rings is 1. The van der Waals surface area contributed by atoms with E-state index in [1.54, 1.807) is 44.8 Å². The predicted octanol–water partition coefficient (Wildman–Crippen LogP) is 3.66. The van der Waals surface area contributed by atoms with E-state index >= 15 is 0 Å². The van der Waals surface area contributed by atoms with E-state index in [4.69, 9.17) is 14.2 Å². The number of hydrogen-bond donors (Lipinski definition) is 1. The number of hydrogen-bond acceptors (Lipinski definition) is 6. The maximum atomic E-state index is 12.4. The lowest BCUT2D eigenvalue weighted by Gasteiger charge is -2.16. The van der Waals surface area contributed by atoms with Gasteiger partial charge in [-0.25, -0.2) is 5.43 Å². The van der Waals surface area contributed by atoms with Crippen LogP contribution >= 0.6 is 11.3 Å². The summed E-state index contributed by atoms with van der Waals surface area (Å²) in [6, 6.07) is 5.55. The lowest BCUT2D eigenvalue weighted by atomic mass is 9.90. The molecule has 1 N–H and O–H groups in total. The molecule has 1 atom stereocenters. The van der Waals surface area contributed by atoms with Crippen molar-refractivity contribution in [3.63, 3.8) is 0 Å². The average Bonchev–Trinajstić information content (AvgIpc) is 3.10. The fraction of sp³-hybridized carbons (Fsp3) is 0.400. The van der Waals surface area contributed by atoms with Gasteiger partial charge in [0.05, 0.1) is 32.4 Å². The van der Waals surface area contributed by atoms with Crippen LogP contribution in [0, 0.1) is 5.92 Å². The van der Waals surface area contributed by atoms with E-state index in [1.165, 1.54) is 23.1 Å². The van der Waals surface area contributed by atoms with E-state index in [1.807, 2.05) is 6.07 Å². The molecule has 0 bridgehead atoms. The summed E-state index contributed by atoms with van der Waals surface area (Å²) in [5, 5.41) is 4.08. The first-order valence-electron chi connectivity index (χ1n) is 8.81. The molecular formula is C20H24N2O4S. The Morgan fingerprint density at radius 3 is 2.70 bits per heavy atom. The van der Waals surface area contributed by atoms with Gasteiger partial charge in [0.2, 0.25) is 5.75 Å². The zero-order valence-electron chi connectivity index (χ0n) is 16.0. The molecule has 1 amide bonds. The van der Waals surface area contributed by atoms with Gasteiger partial charge in [-0.05, 0) is 48.9 Å². The highest BCUT2D eigenvalue weighted by Gasteiger charge is 2.20. The first kappa shape index (κ1) is 19.2. The van der Waals surface area contributed by atoms with Crippen LogP contribution in [0.2, 0.25) is 0 Å². The van der Waals surface area contributed by atoms with E-state index in [0.717, 1.165) is 12.8 Å². The van der Waals surface area contributed by atoms with Gasteiger partial charge in [-0.1, -0.05) is 6.92 Å². The van der Waals surface area contributed by atoms with Crippen molar-refractivity contribution in [3.8, 4) is 17.2 Å². The number of hydrazone groups is 1. The van der Waals surface area contributed by atoms with Crippen molar-refractivity contribution in [1.29, 1.82) is 0 Å². The van der Waals surface area contributed by atoms with Crippen LogP contribution < -0.4 is 19.6 Å². The second kappa shape index (κ2) is 8.43. The SMILES string of the molecule is COc1ccc(/C=N\NC(=O)c2cc3c(s2)CC[C@H](C)C3)c(OC)c1OC. The summed E-state index contributed by atoms with van der Waals surface area (Å²) in [5.41, 5.74) is 4.57. The Balaban J connectivity index is 1.73. The Kier molecular flexibility index (Phi) is 6.01. The zero-order chi connectivity index (χ0) is 19.4. The summed E-state index contributed by atoms with van der Waals surface area (Å²) in [4.78, 5) is 14.4. The van der Waals surface area contributed by atoms with E-state index in [0.29, 0.717) is 33.6 Å². The Morgan fingerprint density at radius 2 is 2.00 bits per heavy atom. The van der Waals surface area contributed by atoms with Gasteiger partial charge in [0.15, 0.2) is 11.5 Å². The van der Waals surface area contributed by atoms with Crippen LogP contribution in [-0.2, 0) is 12.8 Å². The van der Waals surface area contributed by atoms with Crippen LogP contribution in [0.15, 0.2) is 23.3 Å². The smallest absolute Gasteiger partial charge is 0.281 e. The van der Waals surface area contributed by atoms with Gasteiger partial charge >= 0.3 is 0 Å².